The molecule has 0 radical (unpaired) electrons. The fraction of sp³-hybridized carbons (Fsp3) is 0.135. The molecule has 2 aromatic heterocycles. The lowest BCUT2D eigenvalue weighted by Gasteiger charge is -2.16. The number of hydrogen-bond donors (Lipinski definition) is 3. The molecule has 0 saturated heterocycles. The summed E-state index contributed by atoms with van der Waals surface area (Å²) in [6, 6.07) is 16.2. The average Bonchev–Trinajstić information content (AvgIpc) is 3.00. The molecule has 0 bridgehead atoms. The smallest absolute Gasteiger partial charge is 0.133 e. The molecule has 3 rings (SSSR count). The summed E-state index contributed by atoms with van der Waals surface area (Å²) in [6.07, 6.45) is 16.3. The lowest BCUT2D eigenvalue weighted by Crippen LogP contribution is -2.12. The van der Waals surface area contributed by atoms with Gasteiger partial charge in [-0.25, -0.2) is 4.98 Å². The molecule has 0 atom stereocenters. The van der Waals surface area contributed by atoms with Gasteiger partial charge in [0.15, 0.2) is 0 Å². The normalized spacial score (nSPS) is 12.5. The van der Waals surface area contributed by atoms with Crippen LogP contribution in [0.5, 0.6) is 0 Å². The van der Waals surface area contributed by atoms with Crippen LogP contribution in [0.25, 0.3) is 11.1 Å². The van der Waals surface area contributed by atoms with Gasteiger partial charge in [-0.2, -0.15) is 0 Å². The Kier molecular flexibility index (Phi) is 11.6. The van der Waals surface area contributed by atoms with Crippen LogP contribution in [0.1, 0.15) is 31.4 Å². The highest BCUT2D eigenvalue weighted by atomic mass is 15.0. The van der Waals surface area contributed by atoms with Crippen LogP contribution in [0.4, 0.5) is 5.82 Å². The number of nitrogens with one attached hydrogen (secondary N) is 2. The number of anilines is 1. The molecule has 0 aliphatic carbocycles. The molecule has 2 heterocycles. The van der Waals surface area contributed by atoms with Crippen LogP contribution < -0.4 is 16.4 Å². The molecule has 0 spiro atoms. The van der Waals surface area contributed by atoms with Gasteiger partial charge in [-0.3, -0.25) is 4.98 Å². The molecular weight excluding hydrogens is 514 g/mol. The summed E-state index contributed by atoms with van der Waals surface area (Å²) in [6.45, 7) is 22.7. The molecule has 0 fully saturated rings. The van der Waals surface area contributed by atoms with Crippen LogP contribution in [0.2, 0.25) is 0 Å². The van der Waals surface area contributed by atoms with Crippen LogP contribution >= 0.6 is 0 Å². The molecule has 0 saturated carbocycles. The minimum absolute atomic E-state index is 0.495. The summed E-state index contributed by atoms with van der Waals surface area (Å²) < 4.78 is 0. The Morgan fingerprint density at radius 1 is 0.929 bits per heavy atom. The first-order chi connectivity index (χ1) is 20.2. The van der Waals surface area contributed by atoms with E-state index >= 15 is 0 Å². The van der Waals surface area contributed by atoms with Gasteiger partial charge in [-0.1, -0.05) is 74.9 Å². The monoisotopic (exact) mass is 555 g/mol. The molecule has 0 unspecified atom stereocenters. The lowest BCUT2D eigenvalue weighted by molar-refractivity contribution is 0.940. The van der Waals surface area contributed by atoms with Crippen molar-refractivity contribution in [1.29, 1.82) is 0 Å². The van der Waals surface area contributed by atoms with E-state index in [1.54, 1.807) is 18.5 Å². The van der Waals surface area contributed by atoms with Gasteiger partial charge in [0.2, 0.25) is 0 Å². The van der Waals surface area contributed by atoms with Crippen LogP contribution in [-0.4, -0.2) is 9.97 Å². The zero-order valence-electron chi connectivity index (χ0n) is 25.0. The number of pyridine rings is 2. The van der Waals surface area contributed by atoms with Gasteiger partial charge < -0.3 is 16.4 Å². The first-order valence-corrected chi connectivity index (χ1v) is 13.9. The summed E-state index contributed by atoms with van der Waals surface area (Å²) >= 11 is 0. The predicted octanol–water partition coefficient (Wildman–Crippen LogP) is 8.48. The number of nitrogens with two attached hydrogens (primary N) is 1. The van der Waals surface area contributed by atoms with Crippen molar-refractivity contribution in [2.75, 3.05) is 5.32 Å². The molecular formula is C37H41N5. The van der Waals surface area contributed by atoms with Crippen molar-refractivity contribution in [3.8, 4) is 11.1 Å². The number of hydrogen-bond acceptors (Lipinski definition) is 5. The van der Waals surface area contributed by atoms with E-state index in [1.807, 2.05) is 87.7 Å². The van der Waals surface area contributed by atoms with Gasteiger partial charge in [-0.15, -0.1) is 0 Å². The predicted molar refractivity (Wildman–Crippen MR) is 179 cm³/mol. The van der Waals surface area contributed by atoms with Gasteiger partial charge in [-0.05, 0) is 84.5 Å². The molecule has 5 heteroatoms. The number of aromatic nitrogens is 2. The largest absolute Gasteiger partial charge is 0.399 e. The van der Waals surface area contributed by atoms with E-state index in [9.17, 15) is 0 Å². The van der Waals surface area contributed by atoms with Gasteiger partial charge in [0.1, 0.15) is 5.82 Å². The third-order valence-electron chi connectivity index (χ3n) is 6.70. The van der Waals surface area contributed by atoms with Gasteiger partial charge in [0.05, 0.1) is 0 Å². The Labute approximate surface area is 251 Å². The Bertz CT molecular complexity index is 1550. The molecule has 0 aliphatic heterocycles. The number of rotatable bonds is 14. The van der Waals surface area contributed by atoms with Crippen molar-refractivity contribution in [3.05, 3.63) is 174 Å². The minimum atomic E-state index is 0.495. The van der Waals surface area contributed by atoms with Crippen LogP contribution in [0.3, 0.4) is 0 Å². The summed E-state index contributed by atoms with van der Waals surface area (Å²) in [5.74, 6) is 0.744. The number of allylic oxidation sites excluding steroid dienone is 10. The first kappa shape index (κ1) is 31.4. The number of nitrogens with zero attached hydrogens (tertiary/aromatic N) is 2. The second kappa shape index (κ2) is 15.6. The molecule has 0 aliphatic rings. The first-order valence-electron chi connectivity index (χ1n) is 13.9. The topological polar surface area (TPSA) is 75.9 Å². The van der Waals surface area contributed by atoms with E-state index in [2.05, 4.69) is 59.1 Å². The van der Waals surface area contributed by atoms with Gasteiger partial charge in [0, 0.05) is 59.8 Å². The molecule has 3 aromatic rings. The van der Waals surface area contributed by atoms with Crippen molar-refractivity contribution in [2.45, 2.75) is 33.6 Å². The Balaban J connectivity index is 1.76. The van der Waals surface area contributed by atoms with E-state index in [0.29, 0.717) is 18.5 Å². The SMILES string of the molecule is C=C/C(=C\C(=C/C)C(=C)/C=C(CC(=C)Nc1nccc(-c2cccnc2)c1C)\C(N)=C/C)NC(=C)Cc1ccccc1. The zero-order valence-corrected chi connectivity index (χ0v) is 25.0. The third-order valence-corrected chi connectivity index (χ3v) is 6.70. The van der Waals surface area contributed by atoms with E-state index in [4.69, 9.17) is 5.73 Å². The molecule has 214 valence electrons. The third kappa shape index (κ3) is 8.93. The van der Waals surface area contributed by atoms with E-state index in [1.165, 1.54) is 5.56 Å². The maximum absolute atomic E-state index is 6.43. The van der Waals surface area contributed by atoms with Crippen molar-refractivity contribution in [2.24, 2.45) is 5.73 Å². The Morgan fingerprint density at radius 3 is 2.33 bits per heavy atom. The quantitative estimate of drug-likeness (QED) is 0.174. The van der Waals surface area contributed by atoms with Gasteiger partial charge in [0.25, 0.3) is 0 Å². The minimum Gasteiger partial charge on any atom is -0.399 e. The highest BCUT2D eigenvalue weighted by Gasteiger charge is 2.11. The van der Waals surface area contributed by atoms with Crippen molar-refractivity contribution in [3.63, 3.8) is 0 Å². The summed E-state index contributed by atoms with van der Waals surface area (Å²) in [4.78, 5) is 8.80. The highest BCUT2D eigenvalue weighted by Crippen LogP contribution is 2.28. The standard InChI is InChI=1S/C37H41N5/c1-8-31(24-34(9-2)41-27(5)22-30-15-12-11-13-16-30)26(4)21-33(36(38)10-3)23-28(6)42-37-29(7)35(18-20-40-37)32-17-14-19-39-25-32/h8-21,24-25,41H,2,4-6,22-23,38H2,1,3,7H3,(H,40,42)/b31-8+,33-21-,34-24+,36-10+. The maximum Gasteiger partial charge on any atom is 0.133 e. The van der Waals surface area contributed by atoms with Crippen molar-refractivity contribution < 1.29 is 0 Å². The van der Waals surface area contributed by atoms with Crippen molar-refractivity contribution >= 4 is 5.82 Å². The summed E-state index contributed by atoms with van der Waals surface area (Å²) in [5, 5.41) is 6.77. The fourth-order valence-electron chi connectivity index (χ4n) is 4.42. The van der Waals surface area contributed by atoms with Crippen LogP contribution in [0.15, 0.2) is 163 Å². The molecule has 4 N–H and O–H groups in total. The lowest BCUT2D eigenvalue weighted by atomic mass is 9.98. The maximum atomic E-state index is 6.43. The average molecular weight is 556 g/mol. The zero-order chi connectivity index (χ0) is 30.5. The molecule has 5 nitrogen and oxygen atoms in total. The summed E-state index contributed by atoms with van der Waals surface area (Å²) in [7, 11) is 0. The van der Waals surface area contributed by atoms with Crippen LogP contribution in [0, 0.1) is 6.92 Å². The van der Waals surface area contributed by atoms with E-state index < -0.39 is 0 Å². The summed E-state index contributed by atoms with van der Waals surface area (Å²) in [5.41, 5.74) is 16.5. The second-order valence-electron chi connectivity index (χ2n) is 9.86. The number of benzene rings is 1. The Morgan fingerprint density at radius 2 is 1.69 bits per heavy atom. The molecule has 0 amide bonds. The second-order valence-corrected chi connectivity index (χ2v) is 9.86. The molecule has 42 heavy (non-hydrogen) atoms. The van der Waals surface area contributed by atoms with Gasteiger partial charge >= 0.3 is 0 Å². The van der Waals surface area contributed by atoms with E-state index in [-0.39, 0.29) is 0 Å². The van der Waals surface area contributed by atoms with Crippen LogP contribution in [-0.2, 0) is 6.42 Å². The molecule has 1 aromatic carbocycles. The Hall–Kier alpha value is -5.16. The van der Waals surface area contributed by atoms with E-state index in [0.717, 1.165) is 56.3 Å². The van der Waals surface area contributed by atoms with Crippen molar-refractivity contribution in [1.82, 2.24) is 15.3 Å². The fourth-order valence-corrected chi connectivity index (χ4v) is 4.42. The highest BCUT2D eigenvalue weighted by molar-refractivity contribution is 5.71.